The lowest BCUT2D eigenvalue weighted by Gasteiger charge is -2.37. The molecule has 1 fully saturated rings. The minimum Gasteiger partial charge on any atom is -0.487 e. The topological polar surface area (TPSA) is 35.9 Å². The van der Waals surface area contributed by atoms with Gasteiger partial charge in [-0.05, 0) is 38.8 Å². The molecule has 0 amide bonds. The molecule has 0 aliphatic carbocycles. The first-order chi connectivity index (χ1) is 10.3. The molecule has 0 spiro atoms. The number of fused-ring (bicyclic) bond motifs is 1. The van der Waals surface area contributed by atoms with Crippen LogP contribution in [0.2, 0.25) is 0 Å². The summed E-state index contributed by atoms with van der Waals surface area (Å²) in [4.78, 5) is 4.78. The smallest absolute Gasteiger partial charge is 0.125 e. The zero-order chi connectivity index (χ0) is 15.9. The lowest BCUT2D eigenvalue weighted by atomic mass is 9.99. The molecule has 0 radical (unpaired) electrons. The maximum absolute atomic E-state index is 9.51. The molecule has 122 valence electrons. The second kappa shape index (κ2) is 5.74. The van der Waals surface area contributed by atoms with Gasteiger partial charge in [0.2, 0.25) is 0 Å². The lowest BCUT2D eigenvalue weighted by Crippen LogP contribution is -2.48. The third kappa shape index (κ3) is 3.23. The predicted molar refractivity (Wildman–Crippen MR) is 89.9 cm³/mol. The first-order valence-corrected chi connectivity index (χ1v) is 8.32. The van der Waals surface area contributed by atoms with E-state index in [0.717, 1.165) is 44.9 Å². The average molecular weight is 304 g/mol. The Labute approximate surface area is 133 Å². The van der Waals surface area contributed by atoms with Crippen LogP contribution in [0.25, 0.3) is 0 Å². The third-order valence-electron chi connectivity index (χ3n) is 4.62. The van der Waals surface area contributed by atoms with Gasteiger partial charge in [-0.15, -0.1) is 0 Å². The Morgan fingerprint density at radius 1 is 1.23 bits per heavy atom. The fourth-order valence-corrected chi connectivity index (χ4v) is 3.65. The summed E-state index contributed by atoms with van der Waals surface area (Å²) in [5.41, 5.74) is 3.89. The summed E-state index contributed by atoms with van der Waals surface area (Å²) in [6, 6.07) is 4.52. The van der Waals surface area contributed by atoms with Crippen molar-refractivity contribution < 1.29 is 9.84 Å². The van der Waals surface area contributed by atoms with Gasteiger partial charge in [0.1, 0.15) is 11.4 Å². The molecule has 0 unspecified atom stereocenters. The highest BCUT2D eigenvalue weighted by Gasteiger charge is 2.31. The molecule has 22 heavy (non-hydrogen) atoms. The number of benzene rings is 1. The van der Waals surface area contributed by atoms with E-state index < -0.39 is 0 Å². The molecule has 1 N–H and O–H groups in total. The maximum Gasteiger partial charge on any atom is 0.125 e. The van der Waals surface area contributed by atoms with Crippen molar-refractivity contribution in [2.75, 3.05) is 37.6 Å². The number of nitrogens with zero attached hydrogens (tertiary/aromatic N) is 2. The minimum atomic E-state index is -0.246. The molecule has 2 heterocycles. The van der Waals surface area contributed by atoms with Crippen molar-refractivity contribution in [1.82, 2.24) is 4.90 Å². The van der Waals surface area contributed by atoms with E-state index in [1.807, 2.05) is 6.92 Å². The van der Waals surface area contributed by atoms with E-state index in [4.69, 9.17) is 4.74 Å². The van der Waals surface area contributed by atoms with Crippen LogP contribution in [0, 0.1) is 6.92 Å². The second-order valence-electron chi connectivity index (χ2n) is 7.42. The maximum atomic E-state index is 9.51. The molecule has 0 bridgehead atoms. The van der Waals surface area contributed by atoms with Crippen LogP contribution in [0.5, 0.6) is 5.75 Å². The molecule has 0 aromatic heterocycles. The molecule has 1 saturated heterocycles. The fourth-order valence-electron chi connectivity index (χ4n) is 3.65. The molecule has 1 aromatic carbocycles. The monoisotopic (exact) mass is 304 g/mol. The SMILES string of the molecule is Cc1cc2c(cc1N1CCN(C[C@@H](C)O)CC1)OC(C)(C)C2. The highest BCUT2D eigenvalue weighted by atomic mass is 16.5. The Morgan fingerprint density at radius 3 is 2.55 bits per heavy atom. The molecule has 1 atom stereocenters. The van der Waals surface area contributed by atoms with Gasteiger partial charge in [0.05, 0.1) is 6.10 Å². The number of hydrogen-bond acceptors (Lipinski definition) is 4. The van der Waals surface area contributed by atoms with Crippen molar-refractivity contribution in [1.29, 1.82) is 0 Å². The zero-order valence-corrected chi connectivity index (χ0v) is 14.2. The van der Waals surface area contributed by atoms with Gasteiger partial charge in [-0.25, -0.2) is 0 Å². The number of piperazine rings is 1. The van der Waals surface area contributed by atoms with Gasteiger partial charge in [-0.1, -0.05) is 6.07 Å². The van der Waals surface area contributed by atoms with Crippen LogP contribution in [0.4, 0.5) is 5.69 Å². The van der Waals surface area contributed by atoms with E-state index >= 15 is 0 Å². The van der Waals surface area contributed by atoms with Crippen LogP contribution in [0.15, 0.2) is 12.1 Å². The molecule has 4 nitrogen and oxygen atoms in total. The summed E-state index contributed by atoms with van der Waals surface area (Å²) in [6.07, 6.45) is 0.745. The van der Waals surface area contributed by atoms with Crippen LogP contribution < -0.4 is 9.64 Å². The van der Waals surface area contributed by atoms with Gasteiger partial charge < -0.3 is 14.7 Å². The second-order valence-corrected chi connectivity index (χ2v) is 7.42. The number of anilines is 1. The normalized spacial score (nSPS) is 22.3. The first-order valence-electron chi connectivity index (χ1n) is 8.32. The zero-order valence-electron chi connectivity index (χ0n) is 14.2. The van der Waals surface area contributed by atoms with Crippen molar-refractivity contribution in [2.24, 2.45) is 0 Å². The number of β-amino-alcohol motifs (C(OH)–C–C–N with tert-alkyl or cyclic N) is 1. The Balaban J connectivity index is 1.72. The highest BCUT2D eigenvalue weighted by molar-refractivity contribution is 5.61. The number of aryl methyl sites for hydroxylation is 1. The molecule has 2 aliphatic rings. The van der Waals surface area contributed by atoms with E-state index in [1.54, 1.807) is 0 Å². The summed E-state index contributed by atoms with van der Waals surface area (Å²) < 4.78 is 6.08. The Hall–Kier alpha value is -1.26. The van der Waals surface area contributed by atoms with E-state index in [1.165, 1.54) is 16.8 Å². The van der Waals surface area contributed by atoms with E-state index in [2.05, 4.69) is 42.7 Å². The third-order valence-corrected chi connectivity index (χ3v) is 4.62. The Kier molecular flexibility index (Phi) is 4.08. The minimum absolute atomic E-state index is 0.0800. The molecule has 2 aliphatic heterocycles. The van der Waals surface area contributed by atoms with Gasteiger partial charge in [0, 0.05) is 50.9 Å². The molecular formula is C18H28N2O2. The van der Waals surface area contributed by atoms with Crippen LogP contribution in [0.1, 0.15) is 31.9 Å². The van der Waals surface area contributed by atoms with Gasteiger partial charge in [-0.3, -0.25) is 4.90 Å². The van der Waals surface area contributed by atoms with Crippen molar-refractivity contribution >= 4 is 5.69 Å². The van der Waals surface area contributed by atoms with Crippen molar-refractivity contribution in [3.63, 3.8) is 0 Å². The quantitative estimate of drug-likeness (QED) is 0.929. The average Bonchev–Trinajstić information content (AvgIpc) is 2.71. The predicted octanol–water partition coefficient (Wildman–Crippen LogP) is 2.21. The molecule has 4 heteroatoms. The molecule has 0 saturated carbocycles. The Bertz CT molecular complexity index is 546. The number of ether oxygens (including phenoxy) is 1. The van der Waals surface area contributed by atoms with Crippen molar-refractivity contribution in [3.8, 4) is 5.75 Å². The summed E-state index contributed by atoms with van der Waals surface area (Å²) in [5.74, 6) is 1.05. The highest BCUT2D eigenvalue weighted by Crippen LogP contribution is 2.39. The summed E-state index contributed by atoms with van der Waals surface area (Å²) >= 11 is 0. The van der Waals surface area contributed by atoms with Gasteiger partial charge in [0.25, 0.3) is 0 Å². The summed E-state index contributed by atoms with van der Waals surface area (Å²) in [7, 11) is 0. The number of hydrogen-bond donors (Lipinski definition) is 1. The Morgan fingerprint density at radius 2 is 1.91 bits per heavy atom. The van der Waals surface area contributed by atoms with Crippen LogP contribution in [-0.4, -0.2) is 54.4 Å². The molecule has 3 rings (SSSR count). The van der Waals surface area contributed by atoms with Crippen molar-refractivity contribution in [3.05, 3.63) is 23.3 Å². The first kappa shape index (κ1) is 15.6. The molecule has 1 aromatic rings. The van der Waals surface area contributed by atoms with E-state index in [0.29, 0.717) is 0 Å². The summed E-state index contributed by atoms with van der Waals surface area (Å²) in [5, 5.41) is 9.51. The number of rotatable bonds is 3. The van der Waals surface area contributed by atoms with Gasteiger partial charge in [-0.2, -0.15) is 0 Å². The number of aliphatic hydroxyl groups excluding tert-OH is 1. The van der Waals surface area contributed by atoms with Gasteiger partial charge >= 0.3 is 0 Å². The standard InChI is InChI=1S/C18H28N2O2/c1-13-9-15-11-18(3,4)22-17(15)10-16(13)20-7-5-19(6-8-20)12-14(2)21/h9-10,14,21H,5-8,11-12H2,1-4H3/t14-/m1/s1. The van der Waals surface area contributed by atoms with Crippen molar-refractivity contribution in [2.45, 2.75) is 45.8 Å². The van der Waals surface area contributed by atoms with Crippen LogP contribution in [-0.2, 0) is 6.42 Å². The van der Waals surface area contributed by atoms with E-state index in [-0.39, 0.29) is 11.7 Å². The molecular weight excluding hydrogens is 276 g/mol. The van der Waals surface area contributed by atoms with Gasteiger partial charge in [0.15, 0.2) is 0 Å². The van der Waals surface area contributed by atoms with Crippen LogP contribution >= 0.6 is 0 Å². The van der Waals surface area contributed by atoms with E-state index in [9.17, 15) is 5.11 Å². The summed E-state index contributed by atoms with van der Waals surface area (Å²) in [6.45, 7) is 13.2. The number of aliphatic hydroxyl groups is 1. The fraction of sp³-hybridized carbons (Fsp3) is 0.667. The lowest BCUT2D eigenvalue weighted by molar-refractivity contribution is 0.122. The largest absolute Gasteiger partial charge is 0.487 e. The van der Waals surface area contributed by atoms with Crippen LogP contribution in [0.3, 0.4) is 0 Å².